The van der Waals surface area contributed by atoms with Gasteiger partial charge in [0.15, 0.2) is 0 Å². The topological polar surface area (TPSA) is 53.5 Å². The fourth-order valence-electron chi connectivity index (χ4n) is 1.53. The lowest BCUT2D eigenvalue weighted by atomic mass is 10.2. The summed E-state index contributed by atoms with van der Waals surface area (Å²) in [4.78, 5) is 11.6. The Labute approximate surface area is 122 Å². The van der Waals surface area contributed by atoms with Gasteiger partial charge in [-0.3, -0.25) is 4.79 Å². The number of hydrogen-bond acceptors (Lipinski definition) is 3. The zero-order valence-electron chi connectivity index (χ0n) is 10.7. The molecular formula is C15H14ClN3O. The van der Waals surface area contributed by atoms with E-state index in [0.29, 0.717) is 5.02 Å². The van der Waals surface area contributed by atoms with E-state index in [1.54, 1.807) is 6.07 Å². The van der Waals surface area contributed by atoms with Gasteiger partial charge in [-0.25, -0.2) is 5.43 Å². The van der Waals surface area contributed by atoms with Crippen LogP contribution in [0, 0.1) is 0 Å². The molecular weight excluding hydrogens is 274 g/mol. The molecule has 0 radical (unpaired) electrons. The van der Waals surface area contributed by atoms with E-state index < -0.39 is 0 Å². The summed E-state index contributed by atoms with van der Waals surface area (Å²) in [6.07, 6.45) is 1.52. The zero-order chi connectivity index (χ0) is 14.2. The minimum Gasteiger partial charge on any atom is -0.376 e. The van der Waals surface area contributed by atoms with Gasteiger partial charge < -0.3 is 5.32 Å². The van der Waals surface area contributed by atoms with Crippen LogP contribution in [0.1, 0.15) is 5.56 Å². The van der Waals surface area contributed by atoms with Crippen LogP contribution < -0.4 is 10.7 Å². The predicted molar refractivity (Wildman–Crippen MR) is 82.1 cm³/mol. The van der Waals surface area contributed by atoms with Gasteiger partial charge in [-0.15, -0.1) is 0 Å². The van der Waals surface area contributed by atoms with E-state index in [9.17, 15) is 4.79 Å². The van der Waals surface area contributed by atoms with Gasteiger partial charge in [-0.05, 0) is 18.2 Å². The molecule has 2 N–H and O–H groups in total. The smallest absolute Gasteiger partial charge is 0.259 e. The molecule has 0 aromatic heterocycles. The molecule has 2 rings (SSSR count). The molecule has 2 aromatic carbocycles. The second-order valence-corrected chi connectivity index (χ2v) is 4.44. The Hall–Kier alpha value is -2.33. The molecule has 20 heavy (non-hydrogen) atoms. The summed E-state index contributed by atoms with van der Waals surface area (Å²) in [6.45, 7) is 0.157. The number of hydrazone groups is 1. The first-order valence-corrected chi connectivity index (χ1v) is 6.49. The minimum absolute atomic E-state index is 0.157. The molecule has 0 aliphatic rings. The molecule has 0 fully saturated rings. The number of hydrogen-bond donors (Lipinski definition) is 2. The molecule has 2 aromatic rings. The number of rotatable bonds is 5. The molecule has 4 nitrogen and oxygen atoms in total. The van der Waals surface area contributed by atoms with Crippen molar-refractivity contribution in [2.75, 3.05) is 11.9 Å². The first-order chi connectivity index (χ1) is 9.75. The van der Waals surface area contributed by atoms with E-state index >= 15 is 0 Å². The van der Waals surface area contributed by atoms with E-state index in [4.69, 9.17) is 11.6 Å². The number of benzene rings is 2. The van der Waals surface area contributed by atoms with Gasteiger partial charge in [0.2, 0.25) is 0 Å². The number of carbonyl (C=O) groups excluding carboxylic acids is 1. The van der Waals surface area contributed by atoms with Crippen molar-refractivity contribution in [3.8, 4) is 0 Å². The lowest BCUT2D eigenvalue weighted by Gasteiger charge is -2.04. The van der Waals surface area contributed by atoms with Crippen molar-refractivity contribution in [3.05, 3.63) is 65.2 Å². The van der Waals surface area contributed by atoms with Crippen molar-refractivity contribution < 1.29 is 4.79 Å². The predicted octanol–water partition coefficient (Wildman–Crippen LogP) is 2.90. The second-order valence-electron chi connectivity index (χ2n) is 4.03. The van der Waals surface area contributed by atoms with Gasteiger partial charge in [-0.2, -0.15) is 5.10 Å². The van der Waals surface area contributed by atoms with Gasteiger partial charge in [0.25, 0.3) is 5.91 Å². The third-order valence-corrected chi connectivity index (χ3v) is 2.87. The molecule has 5 heteroatoms. The van der Waals surface area contributed by atoms with Gasteiger partial charge in [0.1, 0.15) is 0 Å². The van der Waals surface area contributed by atoms with Crippen molar-refractivity contribution in [2.45, 2.75) is 0 Å². The molecule has 0 aliphatic carbocycles. The summed E-state index contributed by atoms with van der Waals surface area (Å²) in [7, 11) is 0. The lowest BCUT2D eigenvalue weighted by Crippen LogP contribution is -2.25. The molecule has 0 saturated heterocycles. The Morgan fingerprint density at radius 1 is 1.10 bits per heavy atom. The van der Waals surface area contributed by atoms with Crippen LogP contribution in [-0.4, -0.2) is 18.7 Å². The average Bonchev–Trinajstić information content (AvgIpc) is 2.48. The monoisotopic (exact) mass is 287 g/mol. The average molecular weight is 288 g/mol. The molecule has 0 atom stereocenters. The zero-order valence-corrected chi connectivity index (χ0v) is 11.5. The van der Waals surface area contributed by atoms with Crippen LogP contribution in [-0.2, 0) is 4.79 Å². The highest BCUT2D eigenvalue weighted by Gasteiger charge is 1.99. The van der Waals surface area contributed by atoms with Gasteiger partial charge >= 0.3 is 0 Å². The maximum Gasteiger partial charge on any atom is 0.259 e. The van der Waals surface area contributed by atoms with Crippen LogP contribution >= 0.6 is 11.6 Å². The highest BCUT2D eigenvalue weighted by molar-refractivity contribution is 6.33. The highest BCUT2D eigenvalue weighted by atomic mass is 35.5. The number of nitrogens with zero attached hydrogens (tertiary/aromatic N) is 1. The Kier molecular flexibility index (Phi) is 5.15. The minimum atomic E-state index is -0.225. The van der Waals surface area contributed by atoms with Crippen LogP contribution in [0.2, 0.25) is 5.02 Å². The van der Waals surface area contributed by atoms with Crippen LogP contribution in [0.25, 0.3) is 0 Å². The van der Waals surface area contributed by atoms with E-state index in [1.165, 1.54) is 6.21 Å². The number of amides is 1. The van der Waals surface area contributed by atoms with Crippen LogP contribution in [0.5, 0.6) is 0 Å². The van der Waals surface area contributed by atoms with Crippen LogP contribution in [0.15, 0.2) is 59.7 Å². The maximum atomic E-state index is 11.6. The summed E-state index contributed by atoms with van der Waals surface area (Å²) in [5.41, 5.74) is 4.08. The molecule has 0 aliphatic heterocycles. The second kappa shape index (κ2) is 7.31. The standard InChI is InChI=1S/C15H14ClN3O/c16-14-9-5-4-6-12(14)10-18-19-15(20)11-17-13-7-2-1-3-8-13/h1-10,17H,11H2,(H,19,20)/b18-10-. The Bertz CT molecular complexity index is 599. The number of nitrogens with one attached hydrogen (secondary N) is 2. The van der Waals surface area contributed by atoms with Crippen molar-refractivity contribution in [1.82, 2.24) is 5.43 Å². The summed E-state index contributed by atoms with van der Waals surface area (Å²) >= 11 is 5.96. The fraction of sp³-hybridized carbons (Fsp3) is 0.0667. The normalized spacial score (nSPS) is 10.4. The van der Waals surface area contributed by atoms with Gasteiger partial charge in [-0.1, -0.05) is 48.0 Å². The van der Waals surface area contributed by atoms with E-state index in [-0.39, 0.29) is 12.5 Å². The van der Waals surface area contributed by atoms with Crippen molar-refractivity contribution >= 4 is 29.4 Å². The first-order valence-electron chi connectivity index (χ1n) is 6.11. The van der Waals surface area contributed by atoms with Crippen molar-refractivity contribution in [3.63, 3.8) is 0 Å². The molecule has 0 saturated carbocycles. The molecule has 0 spiro atoms. The van der Waals surface area contributed by atoms with Gasteiger partial charge in [0.05, 0.1) is 12.8 Å². The third-order valence-electron chi connectivity index (χ3n) is 2.52. The Morgan fingerprint density at radius 2 is 1.80 bits per heavy atom. The summed E-state index contributed by atoms with van der Waals surface area (Å²) in [6, 6.07) is 16.8. The van der Waals surface area contributed by atoms with Crippen molar-refractivity contribution in [1.29, 1.82) is 0 Å². The first kappa shape index (κ1) is 14.1. The molecule has 102 valence electrons. The SMILES string of the molecule is O=C(CNc1ccccc1)N/N=C\c1ccccc1Cl. The lowest BCUT2D eigenvalue weighted by molar-refractivity contribution is -0.119. The van der Waals surface area contributed by atoms with E-state index in [2.05, 4.69) is 15.8 Å². The van der Waals surface area contributed by atoms with Crippen LogP contribution in [0.4, 0.5) is 5.69 Å². The summed E-state index contributed by atoms with van der Waals surface area (Å²) < 4.78 is 0. The van der Waals surface area contributed by atoms with E-state index in [1.807, 2.05) is 48.5 Å². The Balaban J connectivity index is 1.79. The van der Waals surface area contributed by atoms with Crippen molar-refractivity contribution in [2.24, 2.45) is 5.10 Å². The third kappa shape index (κ3) is 4.40. The fourth-order valence-corrected chi connectivity index (χ4v) is 1.72. The van der Waals surface area contributed by atoms with E-state index in [0.717, 1.165) is 11.3 Å². The largest absolute Gasteiger partial charge is 0.376 e. The maximum absolute atomic E-state index is 11.6. The molecule has 0 heterocycles. The quantitative estimate of drug-likeness (QED) is 0.656. The highest BCUT2D eigenvalue weighted by Crippen LogP contribution is 2.11. The van der Waals surface area contributed by atoms with Crippen LogP contribution in [0.3, 0.4) is 0 Å². The number of carbonyl (C=O) groups is 1. The van der Waals surface area contributed by atoms with Gasteiger partial charge in [0, 0.05) is 16.3 Å². The molecule has 1 amide bonds. The number of halogens is 1. The molecule has 0 bridgehead atoms. The number of anilines is 1. The summed E-state index contributed by atoms with van der Waals surface area (Å²) in [5.74, 6) is -0.225. The Morgan fingerprint density at radius 3 is 2.55 bits per heavy atom. The number of para-hydroxylation sites is 1. The molecule has 0 unspecified atom stereocenters. The summed E-state index contributed by atoms with van der Waals surface area (Å²) in [5, 5.41) is 7.45.